The quantitative estimate of drug-likeness (QED) is 0.825. The summed E-state index contributed by atoms with van der Waals surface area (Å²) in [5.74, 6) is 0. The van der Waals surface area contributed by atoms with Crippen LogP contribution in [0.2, 0.25) is 0 Å². The van der Waals surface area contributed by atoms with Crippen molar-refractivity contribution in [3.63, 3.8) is 0 Å². The molecule has 1 atom stereocenters. The van der Waals surface area contributed by atoms with E-state index in [9.17, 15) is 0 Å². The average Bonchev–Trinajstić information content (AvgIpc) is 2.22. The first-order chi connectivity index (χ1) is 7.65. The minimum Gasteiger partial charge on any atom is -0.327 e. The predicted molar refractivity (Wildman–Crippen MR) is 68.4 cm³/mol. The standard InChI is InChI=1S/C14H22N2/c1-11-5-6-13(12(2)8-11)9-16-7-3-4-14(15)10-16/h5-6,8,14H,3-4,7,9-10,15H2,1-2H3/t14-/m1/s1. The van der Waals surface area contributed by atoms with Crippen LogP contribution in [0.25, 0.3) is 0 Å². The van der Waals surface area contributed by atoms with Crippen LogP contribution in [0.3, 0.4) is 0 Å². The van der Waals surface area contributed by atoms with Gasteiger partial charge in [-0.05, 0) is 44.4 Å². The van der Waals surface area contributed by atoms with Gasteiger partial charge in [-0.2, -0.15) is 0 Å². The number of rotatable bonds is 2. The van der Waals surface area contributed by atoms with E-state index in [2.05, 4.69) is 36.9 Å². The Bertz CT molecular complexity index is 360. The van der Waals surface area contributed by atoms with Gasteiger partial charge in [0.2, 0.25) is 0 Å². The molecular formula is C14H22N2. The molecule has 1 aliphatic heterocycles. The summed E-state index contributed by atoms with van der Waals surface area (Å²) in [6.45, 7) is 7.65. The second-order valence-electron chi connectivity index (χ2n) is 5.07. The normalized spacial score (nSPS) is 22.3. The van der Waals surface area contributed by atoms with E-state index in [0.29, 0.717) is 6.04 Å². The third-order valence-electron chi connectivity index (χ3n) is 3.43. The minimum atomic E-state index is 0.375. The molecule has 0 radical (unpaired) electrons. The second kappa shape index (κ2) is 4.98. The summed E-state index contributed by atoms with van der Waals surface area (Å²) in [6.07, 6.45) is 2.43. The Balaban J connectivity index is 2.02. The molecule has 16 heavy (non-hydrogen) atoms. The van der Waals surface area contributed by atoms with E-state index in [4.69, 9.17) is 5.73 Å². The van der Waals surface area contributed by atoms with E-state index in [1.54, 1.807) is 0 Å². The van der Waals surface area contributed by atoms with Gasteiger partial charge in [0, 0.05) is 19.1 Å². The Morgan fingerprint density at radius 1 is 1.38 bits per heavy atom. The Morgan fingerprint density at radius 3 is 2.88 bits per heavy atom. The topological polar surface area (TPSA) is 29.3 Å². The lowest BCUT2D eigenvalue weighted by Gasteiger charge is -2.31. The number of piperidine rings is 1. The summed E-state index contributed by atoms with van der Waals surface area (Å²) in [5, 5.41) is 0. The maximum absolute atomic E-state index is 6.00. The van der Waals surface area contributed by atoms with Gasteiger partial charge >= 0.3 is 0 Å². The first-order valence-electron chi connectivity index (χ1n) is 6.19. The van der Waals surface area contributed by atoms with E-state index >= 15 is 0 Å². The molecule has 0 saturated carbocycles. The molecule has 0 amide bonds. The van der Waals surface area contributed by atoms with Crippen molar-refractivity contribution in [2.75, 3.05) is 13.1 Å². The molecule has 2 nitrogen and oxygen atoms in total. The van der Waals surface area contributed by atoms with Crippen molar-refractivity contribution < 1.29 is 0 Å². The van der Waals surface area contributed by atoms with Crippen LogP contribution in [0.1, 0.15) is 29.5 Å². The van der Waals surface area contributed by atoms with Crippen molar-refractivity contribution >= 4 is 0 Å². The summed E-state index contributed by atoms with van der Waals surface area (Å²) in [7, 11) is 0. The van der Waals surface area contributed by atoms with Gasteiger partial charge < -0.3 is 5.73 Å². The molecule has 88 valence electrons. The molecule has 2 N–H and O–H groups in total. The molecule has 0 spiro atoms. The molecule has 2 rings (SSSR count). The predicted octanol–water partition coefficient (Wildman–Crippen LogP) is 2.23. The summed E-state index contributed by atoms with van der Waals surface area (Å²) in [6, 6.07) is 7.09. The SMILES string of the molecule is Cc1ccc(CN2CCC[C@@H](N)C2)c(C)c1. The van der Waals surface area contributed by atoms with Gasteiger partial charge in [-0.25, -0.2) is 0 Å². The van der Waals surface area contributed by atoms with E-state index in [-0.39, 0.29) is 0 Å². The molecule has 0 bridgehead atoms. The number of nitrogens with two attached hydrogens (primary N) is 1. The minimum absolute atomic E-state index is 0.375. The van der Waals surface area contributed by atoms with Gasteiger partial charge in [0.25, 0.3) is 0 Å². The summed E-state index contributed by atoms with van der Waals surface area (Å²) >= 11 is 0. The largest absolute Gasteiger partial charge is 0.327 e. The summed E-state index contributed by atoms with van der Waals surface area (Å²) < 4.78 is 0. The maximum atomic E-state index is 6.00. The van der Waals surface area contributed by atoms with Crippen LogP contribution in [0.4, 0.5) is 0 Å². The van der Waals surface area contributed by atoms with E-state index < -0.39 is 0 Å². The van der Waals surface area contributed by atoms with Crippen molar-refractivity contribution in [3.05, 3.63) is 34.9 Å². The zero-order chi connectivity index (χ0) is 11.5. The van der Waals surface area contributed by atoms with Crippen LogP contribution in [-0.2, 0) is 6.54 Å². The average molecular weight is 218 g/mol. The van der Waals surface area contributed by atoms with Crippen LogP contribution < -0.4 is 5.73 Å². The number of hydrogen-bond acceptors (Lipinski definition) is 2. The monoisotopic (exact) mass is 218 g/mol. The van der Waals surface area contributed by atoms with Crippen LogP contribution >= 0.6 is 0 Å². The lowest BCUT2D eigenvalue weighted by atomic mass is 10.0. The summed E-state index contributed by atoms with van der Waals surface area (Å²) in [5.41, 5.74) is 10.2. The van der Waals surface area contributed by atoms with Crippen molar-refractivity contribution in [3.8, 4) is 0 Å². The fraction of sp³-hybridized carbons (Fsp3) is 0.571. The highest BCUT2D eigenvalue weighted by Gasteiger charge is 2.16. The van der Waals surface area contributed by atoms with Crippen molar-refractivity contribution in [1.29, 1.82) is 0 Å². The fourth-order valence-corrected chi connectivity index (χ4v) is 2.50. The molecule has 1 fully saturated rings. The number of hydrogen-bond donors (Lipinski definition) is 1. The second-order valence-corrected chi connectivity index (χ2v) is 5.07. The van der Waals surface area contributed by atoms with Gasteiger partial charge in [0.15, 0.2) is 0 Å². The smallest absolute Gasteiger partial charge is 0.0237 e. The van der Waals surface area contributed by atoms with Crippen molar-refractivity contribution in [2.45, 2.75) is 39.3 Å². The highest BCUT2D eigenvalue weighted by atomic mass is 15.1. The van der Waals surface area contributed by atoms with Crippen LogP contribution in [0.5, 0.6) is 0 Å². The Labute approximate surface area is 98.4 Å². The van der Waals surface area contributed by atoms with Crippen molar-refractivity contribution in [1.82, 2.24) is 4.90 Å². The zero-order valence-electron chi connectivity index (χ0n) is 10.4. The zero-order valence-corrected chi connectivity index (χ0v) is 10.4. The third kappa shape index (κ3) is 2.83. The molecule has 0 aliphatic carbocycles. The number of nitrogens with zero attached hydrogens (tertiary/aromatic N) is 1. The van der Waals surface area contributed by atoms with Crippen LogP contribution in [-0.4, -0.2) is 24.0 Å². The first-order valence-corrected chi connectivity index (χ1v) is 6.19. The van der Waals surface area contributed by atoms with Crippen LogP contribution in [0, 0.1) is 13.8 Å². The Hall–Kier alpha value is -0.860. The first kappa shape index (κ1) is 11.6. The van der Waals surface area contributed by atoms with E-state index in [0.717, 1.165) is 13.1 Å². The number of likely N-dealkylation sites (tertiary alicyclic amines) is 1. The molecule has 1 aromatic carbocycles. The maximum Gasteiger partial charge on any atom is 0.0237 e. The molecular weight excluding hydrogens is 196 g/mol. The lowest BCUT2D eigenvalue weighted by molar-refractivity contribution is 0.201. The highest BCUT2D eigenvalue weighted by Crippen LogP contribution is 2.16. The molecule has 1 aromatic rings. The van der Waals surface area contributed by atoms with Gasteiger partial charge in [-0.15, -0.1) is 0 Å². The Morgan fingerprint density at radius 2 is 2.19 bits per heavy atom. The van der Waals surface area contributed by atoms with Crippen molar-refractivity contribution in [2.24, 2.45) is 5.73 Å². The van der Waals surface area contributed by atoms with E-state index in [1.807, 2.05) is 0 Å². The molecule has 1 saturated heterocycles. The molecule has 0 aromatic heterocycles. The third-order valence-corrected chi connectivity index (χ3v) is 3.43. The molecule has 0 unspecified atom stereocenters. The van der Waals surface area contributed by atoms with Gasteiger partial charge in [0.05, 0.1) is 0 Å². The molecule has 2 heteroatoms. The van der Waals surface area contributed by atoms with Gasteiger partial charge in [-0.1, -0.05) is 23.8 Å². The van der Waals surface area contributed by atoms with Crippen LogP contribution in [0.15, 0.2) is 18.2 Å². The lowest BCUT2D eigenvalue weighted by Crippen LogP contribution is -2.42. The fourth-order valence-electron chi connectivity index (χ4n) is 2.50. The summed E-state index contributed by atoms with van der Waals surface area (Å²) in [4.78, 5) is 2.48. The molecule has 1 heterocycles. The molecule has 1 aliphatic rings. The number of aryl methyl sites for hydroxylation is 2. The van der Waals surface area contributed by atoms with E-state index in [1.165, 1.54) is 36.1 Å². The van der Waals surface area contributed by atoms with Gasteiger partial charge in [-0.3, -0.25) is 4.90 Å². The number of benzene rings is 1. The Kier molecular flexibility index (Phi) is 3.62. The highest BCUT2D eigenvalue weighted by molar-refractivity contribution is 5.30. The van der Waals surface area contributed by atoms with Gasteiger partial charge in [0.1, 0.15) is 0 Å².